The number of fused-ring (bicyclic) bond motifs is 4. The molecule has 218 valence electrons. The quantitative estimate of drug-likeness (QED) is 0.267. The summed E-state index contributed by atoms with van der Waals surface area (Å²) in [6.07, 6.45) is 1.64. The highest BCUT2D eigenvalue weighted by Gasteiger charge is 2.75. The maximum absolute atomic E-state index is 14.0. The number of methoxy groups -OCH3 is 1. The van der Waals surface area contributed by atoms with Crippen LogP contribution in [-0.4, -0.2) is 73.7 Å². The lowest BCUT2D eigenvalue weighted by molar-refractivity contribution is -0.138. The summed E-state index contributed by atoms with van der Waals surface area (Å²) < 4.78 is 5.16. The van der Waals surface area contributed by atoms with Crippen LogP contribution in [0.2, 0.25) is 0 Å². The largest absolute Gasteiger partial charge is 0.507 e. The van der Waals surface area contributed by atoms with Crippen LogP contribution in [0.4, 0.5) is 5.69 Å². The molecule has 0 spiro atoms. The predicted molar refractivity (Wildman–Crippen MR) is 148 cm³/mol. The monoisotopic (exact) mass is 614 g/mol. The molecule has 2 saturated heterocycles. The smallest absolute Gasteiger partial charge is 0.339 e. The Hall–Kier alpha value is -4.09. The van der Waals surface area contributed by atoms with E-state index in [0.717, 1.165) is 21.9 Å². The Balaban J connectivity index is 1.49. The minimum absolute atomic E-state index is 0.00461. The zero-order valence-corrected chi connectivity index (χ0v) is 23.7. The Morgan fingerprint density at radius 3 is 2.31 bits per heavy atom. The van der Waals surface area contributed by atoms with Gasteiger partial charge in [0.25, 0.3) is 11.8 Å². The first-order chi connectivity index (χ1) is 19.8. The predicted octanol–water partition coefficient (Wildman–Crippen LogP) is 3.00. The highest BCUT2D eigenvalue weighted by Crippen LogP contribution is 2.65. The fraction of sp³-hybridized carbons (Fsp3) is 0.345. The molecular weight excluding hydrogens is 591 g/mol. The van der Waals surface area contributed by atoms with Crippen LogP contribution in [0.15, 0.2) is 48.0 Å². The molecule has 2 aromatic rings. The van der Waals surface area contributed by atoms with E-state index in [4.69, 9.17) is 27.9 Å². The molecule has 13 heteroatoms. The summed E-state index contributed by atoms with van der Waals surface area (Å²) >= 11 is 14.2. The number of phenolic OH excluding ortho intramolecular Hbond substituents is 1. The number of halogens is 2. The van der Waals surface area contributed by atoms with Crippen molar-refractivity contribution in [1.29, 1.82) is 0 Å². The van der Waals surface area contributed by atoms with Gasteiger partial charge in [0.2, 0.25) is 11.8 Å². The zero-order valence-electron chi connectivity index (χ0n) is 22.2. The molecule has 42 heavy (non-hydrogen) atoms. The summed E-state index contributed by atoms with van der Waals surface area (Å²) in [5.74, 6) is -8.38. The zero-order chi connectivity index (χ0) is 30.5. The fourth-order valence-corrected chi connectivity index (χ4v) is 8.12. The van der Waals surface area contributed by atoms with Gasteiger partial charge in [-0.05, 0) is 48.6 Å². The highest BCUT2D eigenvalue weighted by atomic mass is 35.5. The van der Waals surface area contributed by atoms with Gasteiger partial charge in [-0.3, -0.25) is 24.1 Å². The molecule has 6 rings (SSSR count). The lowest BCUT2D eigenvalue weighted by atomic mass is 9.56. The number of imide groups is 2. The SMILES string of the molecule is COc1ccc([C@H]2C3=CC[C@@H]4C(=O)N(c5ccc(C(=O)O)c(O)c5)C(=O)[C@@H]4[C@@H]3C[C@@]3(Cl)C(=O)N(C)C(=O)[C@@]23Cl)cc1O. The van der Waals surface area contributed by atoms with Gasteiger partial charge in [-0.15, -0.1) is 23.2 Å². The molecule has 6 atom stereocenters. The number of aromatic hydroxyl groups is 2. The van der Waals surface area contributed by atoms with E-state index in [2.05, 4.69) is 0 Å². The number of likely N-dealkylation sites (tertiary alicyclic amines) is 1. The lowest BCUT2D eigenvalue weighted by Crippen LogP contribution is -2.60. The standard InChI is InChI=1S/C29H24Cl2N2O9/c1-32-26(40)28(30)11-17-14(22(29(28,31)27(32)41)12-3-8-20(42-2)19(35)9-12)6-7-16-21(17)24(37)33(23(16)36)13-4-5-15(25(38)39)18(34)10-13/h3-6,8-10,16-17,21-22,34-35H,7,11H2,1-2H3,(H,38,39)/t16-,17+,21-,22-,28+,29-/m0/s1. The molecule has 2 aliphatic carbocycles. The van der Waals surface area contributed by atoms with Gasteiger partial charge in [-0.1, -0.05) is 17.7 Å². The molecule has 1 saturated carbocycles. The molecule has 11 nitrogen and oxygen atoms in total. The number of nitrogens with zero attached hydrogens (tertiary/aromatic N) is 2. The van der Waals surface area contributed by atoms with E-state index in [1.54, 1.807) is 12.1 Å². The van der Waals surface area contributed by atoms with Crippen molar-refractivity contribution in [3.8, 4) is 17.2 Å². The summed E-state index contributed by atoms with van der Waals surface area (Å²) in [5.41, 5.74) is 0.501. The van der Waals surface area contributed by atoms with Crippen LogP contribution in [0.1, 0.15) is 34.7 Å². The average molecular weight is 615 g/mol. The molecule has 4 amide bonds. The van der Waals surface area contributed by atoms with Crippen LogP contribution < -0.4 is 9.64 Å². The number of anilines is 1. The molecule has 3 N–H and O–H groups in total. The first-order valence-electron chi connectivity index (χ1n) is 13.0. The normalized spacial score (nSPS) is 32.0. The van der Waals surface area contributed by atoms with Crippen LogP contribution in [-0.2, 0) is 19.2 Å². The van der Waals surface area contributed by atoms with Gasteiger partial charge in [-0.25, -0.2) is 9.69 Å². The number of hydrogen-bond acceptors (Lipinski definition) is 8. The molecule has 0 bridgehead atoms. The Kier molecular flexibility index (Phi) is 6.15. The maximum Gasteiger partial charge on any atom is 0.339 e. The van der Waals surface area contributed by atoms with Crippen molar-refractivity contribution in [3.63, 3.8) is 0 Å². The minimum Gasteiger partial charge on any atom is -0.507 e. The first kappa shape index (κ1) is 28.0. The van der Waals surface area contributed by atoms with Crippen LogP contribution >= 0.6 is 23.2 Å². The molecule has 3 fully saturated rings. The molecule has 0 aromatic heterocycles. The second kappa shape index (κ2) is 9.20. The Morgan fingerprint density at radius 1 is 0.976 bits per heavy atom. The third kappa shape index (κ3) is 3.43. The summed E-state index contributed by atoms with van der Waals surface area (Å²) in [6.45, 7) is 0. The Morgan fingerprint density at radius 2 is 1.69 bits per heavy atom. The number of carboxylic acids is 1. The number of carbonyl (C=O) groups is 5. The summed E-state index contributed by atoms with van der Waals surface area (Å²) in [7, 11) is 2.65. The molecule has 2 aliphatic heterocycles. The average Bonchev–Trinajstić information content (AvgIpc) is 3.27. The van der Waals surface area contributed by atoms with Crippen LogP contribution in [0.25, 0.3) is 0 Å². The van der Waals surface area contributed by atoms with Gasteiger partial charge in [-0.2, -0.15) is 0 Å². The molecule has 0 unspecified atom stereocenters. The number of allylic oxidation sites excluding steroid dienone is 2. The van der Waals surface area contributed by atoms with E-state index in [1.165, 1.54) is 32.4 Å². The maximum atomic E-state index is 14.0. The molecular formula is C29H24Cl2N2O9. The van der Waals surface area contributed by atoms with Gasteiger partial charge >= 0.3 is 5.97 Å². The van der Waals surface area contributed by atoms with Gasteiger partial charge in [0.15, 0.2) is 21.2 Å². The van der Waals surface area contributed by atoms with E-state index in [0.29, 0.717) is 11.1 Å². The van der Waals surface area contributed by atoms with Gasteiger partial charge in [0.05, 0.1) is 24.6 Å². The van der Waals surface area contributed by atoms with E-state index < -0.39 is 74.3 Å². The van der Waals surface area contributed by atoms with Crippen molar-refractivity contribution >= 4 is 58.5 Å². The number of hydrogen-bond donors (Lipinski definition) is 3. The minimum atomic E-state index is -2.00. The fourth-order valence-electron chi connectivity index (χ4n) is 7.10. The third-order valence-electron chi connectivity index (χ3n) is 9.02. The second-order valence-corrected chi connectivity index (χ2v) is 12.2. The Bertz CT molecular complexity index is 1660. The second-order valence-electron chi connectivity index (χ2n) is 10.9. The number of alkyl halides is 2. The van der Waals surface area contributed by atoms with Crippen molar-refractivity contribution in [2.24, 2.45) is 17.8 Å². The molecule has 2 aromatic carbocycles. The molecule has 0 radical (unpaired) electrons. The van der Waals surface area contributed by atoms with Crippen LogP contribution in [0, 0.1) is 17.8 Å². The number of ether oxygens (including phenoxy) is 1. The van der Waals surface area contributed by atoms with Crippen LogP contribution in [0.3, 0.4) is 0 Å². The summed E-state index contributed by atoms with van der Waals surface area (Å²) in [6, 6.07) is 7.85. The van der Waals surface area contributed by atoms with Gasteiger partial charge < -0.3 is 20.1 Å². The topological polar surface area (TPSA) is 162 Å². The number of phenols is 2. The number of carbonyl (C=O) groups excluding carboxylic acids is 4. The van der Waals surface area contributed by atoms with Crippen molar-refractivity contribution in [1.82, 2.24) is 4.90 Å². The van der Waals surface area contributed by atoms with Crippen molar-refractivity contribution in [2.45, 2.75) is 28.5 Å². The number of rotatable bonds is 4. The van der Waals surface area contributed by atoms with Crippen molar-refractivity contribution in [2.75, 3.05) is 19.1 Å². The summed E-state index contributed by atoms with van der Waals surface area (Å²) in [4.78, 5) is 63.9. The van der Waals surface area contributed by atoms with Gasteiger partial charge in [0.1, 0.15) is 11.3 Å². The van der Waals surface area contributed by atoms with E-state index in [1.807, 2.05) is 0 Å². The molecule has 2 heterocycles. The Labute approximate surface area is 248 Å². The first-order valence-corrected chi connectivity index (χ1v) is 13.7. The van der Waals surface area contributed by atoms with E-state index in [9.17, 15) is 39.3 Å². The number of amides is 4. The van der Waals surface area contributed by atoms with Gasteiger partial charge in [0, 0.05) is 19.0 Å². The van der Waals surface area contributed by atoms with Crippen LogP contribution in [0.5, 0.6) is 17.2 Å². The number of benzene rings is 2. The summed E-state index contributed by atoms with van der Waals surface area (Å²) in [5, 5.41) is 30.1. The van der Waals surface area contributed by atoms with Crippen molar-refractivity contribution in [3.05, 3.63) is 59.2 Å². The number of carboxylic acid groups (broad SMARTS) is 1. The van der Waals surface area contributed by atoms with E-state index in [-0.39, 0.29) is 30.0 Å². The molecule has 4 aliphatic rings. The lowest BCUT2D eigenvalue weighted by Gasteiger charge is -2.50. The van der Waals surface area contributed by atoms with Crippen molar-refractivity contribution < 1.29 is 44.0 Å². The third-order valence-corrected chi connectivity index (χ3v) is 10.4. The number of aromatic carboxylic acids is 1. The van der Waals surface area contributed by atoms with E-state index >= 15 is 0 Å². The highest BCUT2D eigenvalue weighted by molar-refractivity contribution is 6.53.